The number of hydrogen-bond donors (Lipinski definition) is 0. The Balaban J connectivity index is -0.000000143. The molecule has 0 aliphatic heterocycles. The van der Waals surface area contributed by atoms with Crippen molar-refractivity contribution in [2.75, 3.05) is 0 Å². The van der Waals surface area contributed by atoms with Crippen LogP contribution >= 0.6 is 0 Å². The van der Waals surface area contributed by atoms with E-state index in [4.69, 9.17) is 0 Å². The van der Waals surface area contributed by atoms with Crippen molar-refractivity contribution in [3.8, 4) is 0 Å². The molecule has 4 nitrogen and oxygen atoms in total. The molecule has 0 aromatic carbocycles. The van der Waals surface area contributed by atoms with Gasteiger partial charge in [-0.15, -0.1) is 0 Å². The molecule has 0 N–H and O–H groups in total. The second-order valence-corrected chi connectivity index (χ2v) is 2.14. The van der Waals surface area contributed by atoms with Gasteiger partial charge in [0.15, 0.2) is 0 Å². The summed E-state index contributed by atoms with van der Waals surface area (Å²) in [5.41, 5.74) is 0.130. The van der Waals surface area contributed by atoms with Crippen molar-refractivity contribution in [3.63, 3.8) is 0 Å². The monoisotopic (exact) mass is 351 g/mol. The molecular formula is C8H10O4Ta. The fraction of sp³-hybridized carbons (Fsp3) is 0.250. The van der Waals surface area contributed by atoms with Crippen LogP contribution in [0.3, 0.4) is 0 Å². The van der Waals surface area contributed by atoms with Gasteiger partial charge in [-0.25, -0.2) is 0 Å². The topological polar surface area (TPSA) is 80.3 Å². The summed E-state index contributed by atoms with van der Waals surface area (Å²) < 4.78 is 0. The molecule has 0 saturated heterocycles. The quantitative estimate of drug-likeness (QED) is 0.575. The van der Waals surface area contributed by atoms with Crippen molar-refractivity contribution in [3.05, 3.63) is 24.3 Å². The van der Waals surface area contributed by atoms with Gasteiger partial charge in [-0.3, -0.25) is 0 Å². The summed E-state index contributed by atoms with van der Waals surface area (Å²) in [7, 11) is 0. The second-order valence-electron chi connectivity index (χ2n) is 2.14. The molecule has 71 valence electrons. The average Bonchev–Trinajstić information content (AvgIpc) is 1.88. The van der Waals surface area contributed by atoms with Crippen molar-refractivity contribution in [2.45, 2.75) is 13.8 Å². The predicted molar refractivity (Wildman–Crippen MR) is 39.6 cm³/mol. The number of carbonyl (C=O) groups is 2. The molecule has 13 heavy (non-hydrogen) atoms. The molecule has 0 unspecified atom stereocenters. The van der Waals surface area contributed by atoms with E-state index in [-0.39, 0.29) is 33.5 Å². The van der Waals surface area contributed by atoms with E-state index in [1.54, 1.807) is 0 Å². The summed E-state index contributed by atoms with van der Waals surface area (Å²) in [4.78, 5) is 19.0. The van der Waals surface area contributed by atoms with Crippen LogP contribution in [-0.2, 0) is 32.0 Å². The van der Waals surface area contributed by atoms with E-state index < -0.39 is 11.9 Å². The van der Waals surface area contributed by atoms with Gasteiger partial charge in [0.2, 0.25) is 0 Å². The first kappa shape index (κ1) is 18.0. The van der Waals surface area contributed by atoms with Gasteiger partial charge in [0.05, 0.1) is 11.9 Å². The molecule has 1 radical (unpaired) electrons. The first-order valence-corrected chi connectivity index (χ1v) is 3.02. The van der Waals surface area contributed by atoms with E-state index in [0.29, 0.717) is 0 Å². The van der Waals surface area contributed by atoms with E-state index in [1.165, 1.54) is 13.8 Å². The van der Waals surface area contributed by atoms with Gasteiger partial charge < -0.3 is 19.8 Å². The van der Waals surface area contributed by atoms with Crippen LogP contribution in [0, 0.1) is 0 Å². The average molecular weight is 351 g/mol. The Bertz CT molecular complexity index is 172. The van der Waals surface area contributed by atoms with Crippen LogP contribution in [0.4, 0.5) is 0 Å². The van der Waals surface area contributed by atoms with Crippen LogP contribution in [0.2, 0.25) is 0 Å². The molecule has 0 atom stereocenters. The summed E-state index contributed by atoms with van der Waals surface area (Å²) in [6, 6.07) is 0. The molecule has 0 aromatic rings. The summed E-state index contributed by atoms with van der Waals surface area (Å²) in [5.74, 6) is -2.37. The number of carboxylic acids is 2. The van der Waals surface area contributed by atoms with Crippen LogP contribution in [0.15, 0.2) is 24.3 Å². The van der Waals surface area contributed by atoms with Crippen LogP contribution in [0.1, 0.15) is 13.8 Å². The molecule has 0 bridgehead atoms. The summed E-state index contributed by atoms with van der Waals surface area (Å²) in [5, 5.41) is 19.0. The Morgan fingerprint density at radius 3 is 1.00 bits per heavy atom. The van der Waals surface area contributed by atoms with Crippen LogP contribution < -0.4 is 10.2 Å². The van der Waals surface area contributed by atoms with Gasteiger partial charge in [0, 0.05) is 0 Å². The van der Waals surface area contributed by atoms with Crippen LogP contribution in [0.25, 0.3) is 0 Å². The summed E-state index contributed by atoms with van der Waals surface area (Å²) in [6.45, 7) is 8.95. The zero-order valence-corrected chi connectivity index (χ0v) is 10.7. The molecule has 0 aliphatic carbocycles. The zero-order valence-electron chi connectivity index (χ0n) is 7.49. The molecule has 0 rings (SSSR count). The molecule has 0 saturated carbocycles. The van der Waals surface area contributed by atoms with Crippen molar-refractivity contribution in [1.82, 2.24) is 0 Å². The molecule has 0 amide bonds. The van der Waals surface area contributed by atoms with E-state index in [0.717, 1.165) is 0 Å². The molecule has 0 heterocycles. The van der Waals surface area contributed by atoms with E-state index in [2.05, 4.69) is 13.2 Å². The van der Waals surface area contributed by atoms with E-state index in [1.807, 2.05) is 0 Å². The smallest absolute Gasteiger partial charge is 0.545 e. The third-order valence-corrected chi connectivity index (χ3v) is 0.697. The van der Waals surface area contributed by atoms with E-state index in [9.17, 15) is 19.8 Å². The number of carbonyl (C=O) groups excluding carboxylic acids is 2. The Labute approximate surface area is 92.5 Å². The zero-order chi connectivity index (χ0) is 10.3. The summed E-state index contributed by atoms with van der Waals surface area (Å²) in [6.07, 6.45) is 0. The van der Waals surface area contributed by atoms with Crippen LogP contribution in [-0.4, -0.2) is 11.9 Å². The SMILES string of the molecule is C=C(C)C(=O)[O-].C=C(C)C(=O)[O-].[Ta+2]. The number of aliphatic carboxylic acids is 2. The molecule has 0 spiro atoms. The van der Waals surface area contributed by atoms with Gasteiger partial charge in [-0.1, -0.05) is 13.2 Å². The van der Waals surface area contributed by atoms with Crippen LogP contribution in [0.5, 0.6) is 0 Å². The minimum absolute atomic E-state index is 0. The Kier molecular flexibility index (Phi) is 12.8. The first-order valence-electron chi connectivity index (χ1n) is 3.02. The van der Waals surface area contributed by atoms with Crippen molar-refractivity contribution in [1.29, 1.82) is 0 Å². The van der Waals surface area contributed by atoms with Gasteiger partial charge in [-0.05, 0) is 25.0 Å². The molecule has 5 heteroatoms. The fourth-order valence-electron chi connectivity index (χ4n) is 0. The third-order valence-electron chi connectivity index (χ3n) is 0.697. The normalized spacial score (nSPS) is 6.92. The summed E-state index contributed by atoms with van der Waals surface area (Å²) >= 11 is 0. The maximum atomic E-state index is 9.49. The second kappa shape index (κ2) is 9.25. The molecule has 0 fully saturated rings. The molecule has 0 aliphatic rings. The van der Waals surface area contributed by atoms with Gasteiger partial charge >= 0.3 is 22.4 Å². The first-order chi connectivity index (χ1) is 5.29. The van der Waals surface area contributed by atoms with Gasteiger partial charge in [0.1, 0.15) is 0 Å². The minimum atomic E-state index is -1.19. The van der Waals surface area contributed by atoms with E-state index >= 15 is 0 Å². The standard InChI is InChI=1S/2C4H6O2.Ta/c2*1-3(2)4(5)6;/h2*1H2,2H3,(H,5,6);/q;;+2/p-2. The number of carboxylic acid groups (broad SMARTS) is 2. The molecular weight excluding hydrogens is 341 g/mol. The predicted octanol–water partition coefficient (Wildman–Crippen LogP) is -1.38. The van der Waals surface area contributed by atoms with Gasteiger partial charge in [-0.2, -0.15) is 0 Å². The van der Waals surface area contributed by atoms with Crippen molar-refractivity contribution < 1.29 is 42.2 Å². The number of hydrogen-bond acceptors (Lipinski definition) is 4. The fourth-order valence-corrected chi connectivity index (χ4v) is 0. The minimum Gasteiger partial charge on any atom is -0.545 e. The maximum Gasteiger partial charge on any atom is 2.00 e. The Hall–Kier alpha value is -0.840. The van der Waals surface area contributed by atoms with Crippen molar-refractivity contribution in [2.24, 2.45) is 0 Å². The Morgan fingerprint density at radius 1 is 0.923 bits per heavy atom. The molecule has 0 aromatic heterocycles. The number of rotatable bonds is 2. The maximum absolute atomic E-state index is 9.49. The van der Waals surface area contributed by atoms with Crippen molar-refractivity contribution >= 4 is 11.9 Å². The third kappa shape index (κ3) is 18.3. The Morgan fingerprint density at radius 2 is 1.00 bits per heavy atom. The largest absolute Gasteiger partial charge is 2.00 e. The van der Waals surface area contributed by atoms with Gasteiger partial charge in [0.25, 0.3) is 0 Å².